The van der Waals surface area contributed by atoms with E-state index in [4.69, 9.17) is 9.84 Å². The highest BCUT2D eigenvalue weighted by molar-refractivity contribution is 5.99. The zero-order chi connectivity index (χ0) is 19.9. The fourth-order valence-corrected chi connectivity index (χ4v) is 2.87. The predicted octanol–water partition coefficient (Wildman–Crippen LogP) is 3.37. The van der Waals surface area contributed by atoms with Crippen molar-refractivity contribution in [2.75, 3.05) is 20.7 Å². The molecule has 0 bridgehead atoms. The van der Waals surface area contributed by atoms with Gasteiger partial charge in [0.05, 0.1) is 19.2 Å². The van der Waals surface area contributed by atoms with Gasteiger partial charge in [-0.15, -0.1) is 12.4 Å². The van der Waals surface area contributed by atoms with Crippen LogP contribution in [0.1, 0.15) is 22.8 Å². The van der Waals surface area contributed by atoms with E-state index in [1.54, 1.807) is 18.0 Å². The van der Waals surface area contributed by atoms with Crippen molar-refractivity contribution in [3.63, 3.8) is 0 Å². The number of benzene rings is 2. The summed E-state index contributed by atoms with van der Waals surface area (Å²) in [6.07, 6.45) is 1.81. The molecule has 3 rings (SSSR count). The van der Waals surface area contributed by atoms with Crippen molar-refractivity contribution in [3.05, 3.63) is 71.9 Å². The topological polar surface area (TPSA) is 68.2 Å². The number of ether oxygens (including phenoxy) is 1. The van der Waals surface area contributed by atoms with E-state index in [1.807, 2.05) is 68.6 Å². The molecule has 1 aromatic heterocycles. The number of methoxy groups -OCH3 is 1. The molecule has 2 aromatic carbocycles. The van der Waals surface area contributed by atoms with Gasteiger partial charge in [0.25, 0.3) is 5.91 Å². The number of hydrogen-bond donors (Lipinski definition) is 2. The van der Waals surface area contributed by atoms with Crippen LogP contribution in [-0.4, -0.2) is 42.4 Å². The molecule has 0 spiro atoms. The van der Waals surface area contributed by atoms with Gasteiger partial charge in [-0.1, -0.05) is 42.5 Å². The van der Waals surface area contributed by atoms with E-state index in [0.29, 0.717) is 24.3 Å². The monoisotopic (exact) mass is 414 g/mol. The largest absolute Gasteiger partial charge is 0.497 e. The molecule has 0 aliphatic heterocycles. The molecule has 0 saturated heterocycles. The minimum absolute atomic E-state index is 0. The van der Waals surface area contributed by atoms with Crippen molar-refractivity contribution < 1.29 is 9.53 Å². The Morgan fingerprint density at radius 1 is 1.17 bits per heavy atom. The molecule has 0 fully saturated rings. The molecule has 0 aliphatic rings. The highest BCUT2D eigenvalue weighted by Crippen LogP contribution is 2.26. The first-order chi connectivity index (χ1) is 13.6. The molecule has 1 unspecified atom stereocenters. The Balaban J connectivity index is 0.00000300. The Morgan fingerprint density at radius 3 is 2.62 bits per heavy atom. The van der Waals surface area contributed by atoms with Crippen LogP contribution in [0.15, 0.2) is 60.8 Å². The molecular weight excluding hydrogens is 388 g/mol. The highest BCUT2D eigenvalue weighted by Gasteiger charge is 2.19. The Labute approximate surface area is 177 Å². The molecule has 1 heterocycles. The Morgan fingerprint density at radius 2 is 1.93 bits per heavy atom. The first-order valence-electron chi connectivity index (χ1n) is 9.32. The number of halogens is 1. The average Bonchev–Trinajstić information content (AvgIpc) is 3.16. The summed E-state index contributed by atoms with van der Waals surface area (Å²) < 4.78 is 7.14. The van der Waals surface area contributed by atoms with E-state index in [9.17, 15) is 4.79 Å². The molecule has 29 heavy (non-hydrogen) atoms. The molecule has 1 amide bonds. The van der Waals surface area contributed by atoms with Gasteiger partial charge in [0.15, 0.2) is 0 Å². The number of nitrogens with one attached hydrogen (secondary N) is 2. The second-order valence-electron chi connectivity index (χ2n) is 6.71. The minimum Gasteiger partial charge on any atom is -0.497 e. The Kier molecular flexibility index (Phi) is 8.24. The Hall–Kier alpha value is -2.83. The summed E-state index contributed by atoms with van der Waals surface area (Å²) in [5, 5.41) is 10.8. The van der Waals surface area contributed by atoms with Crippen LogP contribution < -0.4 is 15.4 Å². The van der Waals surface area contributed by atoms with Crippen LogP contribution in [0.5, 0.6) is 5.75 Å². The van der Waals surface area contributed by atoms with Crippen molar-refractivity contribution in [1.29, 1.82) is 0 Å². The maximum Gasteiger partial charge on any atom is 0.255 e. The summed E-state index contributed by atoms with van der Waals surface area (Å²) in [5.41, 5.74) is 3.16. The summed E-state index contributed by atoms with van der Waals surface area (Å²) in [7, 11) is 3.50. The van der Waals surface area contributed by atoms with Crippen LogP contribution in [0.2, 0.25) is 0 Å². The van der Waals surface area contributed by atoms with Crippen molar-refractivity contribution in [2.45, 2.75) is 19.5 Å². The third-order valence-electron chi connectivity index (χ3n) is 4.60. The third-order valence-corrected chi connectivity index (χ3v) is 4.60. The number of hydrogen-bond acceptors (Lipinski definition) is 4. The fourth-order valence-electron chi connectivity index (χ4n) is 2.87. The summed E-state index contributed by atoms with van der Waals surface area (Å²) in [4.78, 5) is 12.9. The van der Waals surface area contributed by atoms with Gasteiger partial charge in [-0.2, -0.15) is 5.10 Å². The lowest BCUT2D eigenvalue weighted by molar-refractivity contribution is 0.0951. The second-order valence-corrected chi connectivity index (χ2v) is 6.71. The number of rotatable bonds is 8. The molecule has 154 valence electrons. The fraction of sp³-hybridized carbons (Fsp3) is 0.273. The maximum absolute atomic E-state index is 12.9. The second kappa shape index (κ2) is 10.6. The van der Waals surface area contributed by atoms with E-state index in [2.05, 4.69) is 10.6 Å². The highest BCUT2D eigenvalue weighted by atomic mass is 35.5. The van der Waals surface area contributed by atoms with E-state index >= 15 is 0 Å². The predicted molar refractivity (Wildman–Crippen MR) is 118 cm³/mol. The normalized spacial score (nSPS) is 11.4. The van der Waals surface area contributed by atoms with Crippen LogP contribution in [0, 0.1) is 0 Å². The quantitative estimate of drug-likeness (QED) is 0.593. The van der Waals surface area contributed by atoms with Crippen LogP contribution in [0.25, 0.3) is 11.3 Å². The molecular formula is C22H27ClN4O2. The number of aromatic nitrogens is 2. The van der Waals surface area contributed by atoms with Crippen LogP contribution in [-0.2, 0) is 6.54 Å². The molecule has 2 N–H and O–H groups in total. The maximum atomic E-state index is 12.9. The van der Waals surface area contributed by atoms with Crippen LogP contribution in [0.3, 0.4) is 0 Å². The summed E-state index contributed by atoms with van der Waals surface area (Å²) in [5.74, 6) is 0.588. The molecule has 6 nitrogen and oxygen atoms in total. The molecule has 0 aliphatic carbocycles. The first-order valence-corrected chi connectivity index (χ1v) is 9.32. The molecule has 7 heteroatoms. The van der Waals surface area contributed by atoms with Crippen molar-refractivity contribution >= 4 is 18.3 Å². The Bertz CT molecular complexity index is 928. The minimum atomic E-state index is -0.140. The van der Waals surface area contributed by atoms with Gasteiger partial charge < -0.3 is 15.4 Å². The van der Waals surface area contributed by atoms with Gasteiger partial charge in [0, 0.05) is 24.3 Å². The van der Waals surface area contributed by atoms with Gasteiger partial charge in [-0.25, -0.2) is 0 Å². The molecule has 3 aromatic rings. The van der Waals surface area contributed by atoms with Crippen molar-refractivity contribution in [3.8, 4) is 17.0 Å². The van der Waals surface area contributed by atoms with Gasteiger partial charge in [-0.3, -0.25) is 9.48 Å². The number of amides is 1. The van der Waals surface area contributed by atoms with E-state index < -0.39 is 0 Å². The van der Waals surface area contributed by atoms with E-state index in [-0.39, 0.29) is 24.4 Å². The van der Waals surface area contributed by atoms with Crippen LogP contribution in [0.4, 0.5) is 0 Å². The lowest BCUT2D eigenvalue weighted by Gasteiger charge is -2.11. The third kappa shape index (κ3) is 5.82. The van der Waals surface area contributed by atoms with Gasteiger partial charge in [0.2, 0.25) is 0 Å². The number of carbonyl (C=O) groups excluding carboxylic acids is 1. The molecule has 0 radical (unpaired) electrons. The van der Waals surface area contributed by atoms with Gasteiger partial charge in [0.1, 0.15) is 11.4 Å². The zero-order valence-corrected chi connectivity index (χ0v) is 17.7. The van der Waals surface area contributed by atoms with E-state index in [0.717, 1.165) is 16.9 Å². The molecule has 0 saturated carbocycles. The number of nitrogens with zero attached hydrogens (tertiary/aromatic N) is 2. The zero-order valence-electron chi connectivity index (χ0n) is 16.9. The van der Waals surface area contributed by atoms with Crippen LogP contribution >= 0.6 is 12.4 Å². The number of likely N-dealkylation sites (N-methyl/N-ethyl adjacent to an activating group) is 1. The summed E-state index contributed by atoms with van der Waals surface area (Å²) in [6, 6.07) is 17.8. The van der Waals surface area contributed by atoms with E-state index in [1.165, 1.54) is 0 Å². The SMILES string of the molecule is CNC(C)CNC(=O)c1cn(Cc2ccccc2)nc1-c1cccc(OC)c1.Cl. The number of carbonyl (C=O) groups is 1. The van der Waals surface area contributed by atoms with Gasteiger partial charge in [-0.05, 0) is 31.7 Å². The standard InChI is InChI=1S/C22H26N4O2.ClH/c1-16(23-2)13-24-22(27)20-15-26(14-17-8-5-4-6-9-17)25-21(20)18-10-7-11-19(12-18)28-3;/h4-12,15-16,23H,13-14H2,1-3H3,(H,24,27);1H. The summed E-state index contributed by atoms with van der Waals surface area (Å²) in [6.45, 7) is 3.15. The smallest absolute Gasteiger partial charge is 0.255 e. The lowest BCUT2D eigenvalue weighted by atomic mass is 10.1. The summed E-state index contributed by atoms with van der Waals surface area (Å²) >= 11 is 0. The van der Waals surface area contributed by atoms with Crippen molar-refractivity contribution in [1.82, 2.24) is 20.4 Å². The average molecular weight is 415 g/mol. The lowest BCUT2D eigenvalue weighted by Crippen LogP contribution is -2.37. The molecule has 1 atom stereocenters. The first kappa shape index (κ1) is 22.5. The van der Waals surface area contributed by atoms with Crippen molar-refractivity contribution in [2.24, 2.45) is 0 Å². The van der Waals surface area contributed by atoms with Gasteiger partial charge >= 0.3 is 0 Å².